The fourth-order valence-electron chi connectivity index (χ4n) is 2.95. The molecule has 0 spiro atoms. The van der Waals surface area contributed by atoms with Crippen LogP contribution in [-0.4, -0.2) is 51.1 Å². The number of aliphatic carboxylic acids is 1. The van der Waals surface area contributed by atoms with E-state index in [1.54, 1.807) is 12.1 Å². The van der Waals surface area contributed by atoms with E-state index in [9.17, 15) is 23.1 Å². The molecule has 0 aliphatic carbocycles. The van der Waals surface area contributed by atoms with E-state index >= 15 is 0 Å². The fraction of sp³-hybridized carbons (Fsp3) is 0.273. The summed E-state index contributed by atoms with van der Waals surface area (Å²) >= 11 is 0. The highest BCUT2D eigenvalue weighted by molar-refractivity contribution is 7.93. The van der Waals surface area contributed by atoms with Gasteiger partial charge in [0.25, 0.3) is 0 Å². The van der Waals surface area contributed by atoms with E-state index in [0.717, 1.165) is 5.41 Å². The van der Waals surface area contributed by atoms with Crippen LogP contribution in [0.5, 0.6) is 11.5 Å². The van der Waals surface area contributed by atoms with Crippen LogP contribution in [-0.2, 0) is 27.0 Å². The third-order valence-electron chi connectivity index (χ3n) is 4.58. The molecule has 0 saturated heterocycles. The van der Waals surface area contributed by atoms with E-state index in [0.29, 0.717) is 28.8 Å². The molecule has 0 amide bonds. The first-order chi connectivity index (χ1) is 15.1. The molecule has 0 aliphatic heterocycles. The number of carbonyl (C=O) groups is 2. The minimum Gasteiger partial charge on any atom is -0.496 e. The van der Waals surface area contributed by atoms with Crippen molar-refractivity contribution in [1.82, 2.24) is 0 Å². The zero-order chi connectivity index (χ0) is 23.9. The highest BCUT2D eigenvalue weighted by Gasteiger charge is 2.16. The van der Waals surface area contributed by atoms with Crippen LogP contribution >= 0.6 is 0 Å². The lowest BCUT2D eigenvalue weighted by Gasteiger charge is -2.15. The zero-order valence-electron chi connectivity index (χ0n) is 17.9. The number of carboxylic acids is 1. The van der Waals surface area contributed by atoms with Crippen LogP contribution in [0.15, 0.2) is 35.7 Å². The van der Waals surface area contributed by atoms with Crippen molar-refractivity contribution in [3.05, 3.63) is 58.0 Å². The van der Waals surface area contributed by atoms with Crippen molar-refractivity contribution >= 4 is 33.9 Å². The second kappa shape index (κ2) is 10.8. The van der Waals surface area contributed by atoms with Crippen LogP contribution in [0, 0.1) is 0 Å². The van der Waals surface area contributed by atoms with Gasteiger partial charge in [0, 0.05) is 16.5 Å². The number of rotatable bonds is 11. The molecule has 0 unspecified atom stereocenters. The Morgan fingerprint density at radius 2 is 1.81 bits per heavy atom. The van der Waals surface area contributed by atoms with E-state index in [-0.39, 0.29) is 29.2 Å². The maximum atomic E-state index is 12.7. The Kier molecular flexibility index (Phi) is 8.39. The van der Waals surface area contributed by atoms with E-state index in [1.807, 2.05) is 0 Å². The summed E-state index contributed by atoms with van der Waals surface area (Å²) in [5.41, 5.74) is 1.67. The summed E-state index contributed by atoms with van der Waals surface area (Å²) < 4.78 is 35.8. The van der Waals surface area contributed by atoms with Crippen molar-refractivity contribution in [2.45, 2.75) is 25.3 Å². The molecule has 0 fully saturated rings. The van der Waals surface area contributed by atoms with Crippen molar-refractivity contribution in [3.63, 3.8) is 0 Å². The lowest BCUT2D eigenvalue weighted by Crippen LogP contribution is -2.25. The van der Waals surface area contributed by atoms with Gasteiger partial charge in [-0.2, -0.15) is 0 Å². The molecule has 2 aromatic carbocycles. The van der Waals surface area contributed by atoms with Gasteiger partial charge in [-0.25, -0.2) is 8.42 Å². The monoisotopic (exact) mass is 463 g/mol. The summed E-state index contributed by atoms with van der Waals surface area (Å²) in [6.07, 6.45) is 1.83. The summed E-state index contributed by atoms with van der Waals surface area (Å²) in [7, 11) is -0.968. The number of carboxylic acid groups (broad SMARTS) is 1. The van der Waals surface area contributed by atoms with Gasteiger partial charge in [0.1, 0.15) is 17.5 Å². The largest absolute Gasteiger partial charge is 0.496 e. The van der Waals surface area contributed by atoms with E-state index < -0.39 is 21.8 Å². The summed E-state index contributed by atoms with van der Waals surface area (Å²) in [6, 6.07) is 6.68. The van der Waals surface area contributed by atoms with Crippen LogP contribution in [0.4, 0.5) is 5.69 Å². The lowest BCUT2D eigenvalue weighted by molar-refractivity contribution is -0.137. The van der Waals surface area contributed by atoms with Crippen LogP contribution in [0.2, 0.25) is 0 Å². The molecular weight excluding hydrogens is 438 g/mol. The summed E-state index contributed by atoms with van der Waals surface area (Å²) in [5, 5.41) is 22.2. The summed E-state index contributed by atoms with van der Waals surface area (Å²) in [5.74, 6) is -0.806. The van der Waals surface area contributed by atoms with Gasteiger partial charge in [0.15, 0.2) is 16.1 Å². The predicted molar refractivity (Wildman–Crippen MR) is 120 cm³/mol. The molecule has 0 aliphatic rings. The van der Waals surface area contributed by atoms with Crippen LogP contribution in [0.3, 0.4) is 0 Å². The molecule has 0 bridgehead atoms. The van der Waals surface area contributed by atoms with Gasteiger partial charge in [0.05, 0.1) is 32.3 Å². The van der Waals surface area contributed by atoms with Gasteiger partial charge in [-0.15, -0.1) is 0 Å². The van der Waals surface area contributed by atoms with Gasteiger partial charge in [-0.3, -0.25) is 9.59 Å². The van der Waals surface area contributed by atoms with E-state index in [4.69, 9.17) is 14.6 Å². The molecule has 3 N–H and O–H groups in total. The van der Waals surface area contributed by atoms with Gasteiger partial charge in [0.2, 0.25) is 0 Å². The summed E-state index contributed by atoms with van der Waals surface area (Å²) in [6.45, 7) is 1.15. The average Bonchev–Trinajstić information content (AvgIpc) is 2.76. The third kappa shape index (κ3) is 6.32. The second-order valence-corrected chi connectivity index (χ2v) is 8.81. The summed E-state index contributed by atoms with van der Waals surface area (Å²) in [4.78, 5) is 22.6. The zero-order valence-corrected chi connectivity index (χ0v) is 18.7. The van der Waals surface area contributed by atoms with E-state index in [2.05, 4.69) is 5.32 Å². The number of aliphatic hydroxyl groups is 1. The number of hydrogen-bond donors (Lipinski definition) is 3. The number of sulfone groups is 1. The minimum atomic E-state index is -3.77. The fourth-order valence-corrected chi connectivity index (χ4v) is 4.03. The maximum absolute atomic E-state index is 12.7. The molecule has 32 heavy (non-hydrogen) atoms. The first-order valence-electron chi connectivity index (χ1n) is 9.48. The molecule has 9 nitrogen and oxygen atoms in total. The Hall–Kier alpha value is -3.37. The first-order valence-corrected chi connectivity index (χ1v) is 11.2. The molecule has 2 rings (SSSR count). The Bertz CT molecular complexity index is 1120. The normalized spacial score (nSPS) is 12.4. The van der Waals surface area contributed by atoms with Crippen LogP contribution in [0.25, 0.3) is 6.08 Å². The first kappa shape index (κ1) is 24.9. The van der Waals surface area contributed by atoms with E-state index in [1.165, 1.54) is 45.4 Å². The number of aldehydes is 1. The van der Waals surface area contributed by atoms with Gasteiger partial charge >= 0.3 is 5.97 Å². The number of anilines is 1. The van der Waals surface area contributed by atoms with Gasteiger partial charge in [-0.1, -0.05) is 6.07 Å². The molecule has 0 saturated carbocycles. The smallest absolute Gasteiger partial charge is 0.325 e. The van der Waals surface area contributed by atoms with Crippen molar-refractivity contribution in [2.75, 3.05) is 19.5 Å². The standard InChI is InChI=1S/C22H25NO8S/c1-14(22(26)27)23-19-9-15(4-5-20(19)30-2)13-32(28,29)7-6-18-17(12-25)8-16(11-24)10-21(18)31-3/h4-10,12,14,23-24H,11,13H2,1-3H3,(H,26,27)/t14-/m1/s1. The lowest BCUT2D eigenvalue weighted by atomic mass is 10.0. The number of carbonyl (C=O) groups excluding carboxylic acids is 1. The Labute approximate surface area is 186 Å². The average molecular weight is 464 g/mol. The molecular formula is C22H25NO8S. The van der Waals surface area contributed by atoms with Gasteiger partial charge < -0.3 is 25.0 Å². The van der Waals surface area contributed by atoms with Gasteiger partial charge in [-0.05, 0) is 48.4 Å². The predicted octanol–water partition coefficient (Wildman–Crippen LogP) is 2.48. The second-order valence-electron chi connectivity index (χ2n) is 6.93. The molecule has 1 atom stereocenters. The van der Waals surface area contributed by atoms with Crippen molar-refractivity contribution in [3.8, 4) is 11.5 Å². The van der Waals surface area contributed by atoms with Crippen molar-refractivity contribution in [1.29, 1.82) is 0 Å². The Balaban J connectivity index is 2.34. The molecule has 172 valence electrons. The molecule has 0 aromatic heterocycles. The highest BCUT2D eigenvalue weighted by Crippen LogP contribution is 2.29. The van der Waals surface area contributed by atoms with Crippen molar-refractivity contribution < 1.29 is 37.7 Å². The van der Waals surface area contributed by atoms with Crippen LogP contribution < -0.4 is 14.8 Å². The number of aliphatic hydroxyl groups excluding tert-OH is 1. The molecule has 2 aromatic rings. The minimum absolute atomic E-state index is 0.179. The Morgan fingerprint density at radius 1 is 1.12 bits per heavy atom. The maximum Gasteiger partial charge on any atom is 0.325 e. The number of benzene rings is 2. The van der Waals surface area contributed by atoms with Crippen LogP contribution in [0.1, 0.15) is 34.0 Å². The molecule has 10 heteroatoms. The number of hydrogen-bond acceptors (Lipinski definition) is 8. The topological polar surface area (TPSA) is 139 Å². The number of nitrogens with one attached hydrogen (secondary N) is 1. The Morgan fingerprint density at radius 3 is 2.38 bits per heavy atom. The number of methoxy groups -OCH3 is 2. The number of ether oxygens (including phenoxy) is 2. The highest BCUT2D eigenvalue weighted by atomic mass is 32.2. The van der Waals surface area contributed by atoms with Crippen molar-refractivity contribution in [2.24, 2.45) is 0 Å². The molecule has 0 radical (unpaired) electrons. The third-order valence-corrected chi connectivity index (χ3v) is 5.87. The SMILES string of the molecule is COc1ccc(CS(=O)(=O)C=Cc2c(C=O)cc(CO)cc2OC)cc1N[C@H](C)C(=O)O. The quantitative estimate of drug-likeness (QED) is 0.429. The molecule has 0 heterocycles.